The number of carbonyl (C=O) groups is 1. The Hall–Kier alpha value is -4.71. The lowest BCUT2D eigenvalue weighted by Gasteiger charge is -2.21. The third kappa shape index (κ3) is 5.66. The molecule has 0 saturated heterocycles. The van der Waals surface area contributed by atoms with Crippen molar-refractivity contribution >= 4 is 33.0 Å². The van der Waals surface area contributed by atoms with Crippen LogP contribution in [0.4, 0.5) is 15.8 Å². The molecule has 6 rings (SSSR count). The maximum Gasteiger partial charge on any atom is 0.318 e. The van der Waals surface area contributed by atoms with E-state index in [2.05, 4.69) is 10.6 Å². The van der Waals surface area contributed by atoms with Crippen LogP contribution in [-0.2, 0) is 32.2 Å². The van der Waals surface area contributed by atoms with Crippen molar-refractivity contribution in [3.8, 4) is 22.6 Å². The second-order valence-corrected chi connectivity index (χ2v) is 12.4. The number of benzene rings is 4. The van der Waals surface area contributed by atoms with E-state index < -0.39 is 21.8 Å². The van der Waals surface area contributed by atoms with Crippen LogP contribution in [0.1, 0.15) is 29.2 Å². The zero-order valence-corrected chi connectivity index (χ0v) is 26.0. The van der Waals surface area contributed by atoms with Crippen molar-refractivity contribution in [3.05, 3.63) is 107 Å². The zero-order chi connectivity index (χ0) is 31.9. The number of hydrogen-bond donors (Lipinski definition) is 2. The minimum atomic E-state index is -4.39. The molecule has 0 aliphatic carbocycles. The first-order chi connectivity index (χ1) is 21.6. The number of rotatable bonds is 8. The molecular formula is C34H32FN3O6S. The molecule has 0 atom stereocenters. The summed E-state index contributed by atoms with van der Waals surface area (Å²) < 4.78 is 58.4. The number of amides is 1. The lowest BCUT2D eigenvalue weighted by atomic mass is 9.97. The Morgan fingerprint density at radius 1 is 0.956 bits per heavy atom. The van der Waals surface area contributed by atoms with Crippen LogP contribution < -0.4 is 25.2 Å². The smallest absolute Gasteiger partial charge is 0.318 e. The van der Waals surface area contributed by atoms with Crippen molar-refractivity contribution in [1.82, 2.24) is 5.32 Å². The molecule has 1 amide bonds. The van der Waals surface area contributed by atoms with E-state index in [9.17, 15) is 13.2 Å². The molecule has 4 aromatic rings. The van der Waals surface area contributed by atoms with Gasteiger partial charge in [-0.15, -0.1) is 4.28 Å². The first-order valence-electron chi connectivity index (χ1n) is 14.3. The third-order valence-electron chi connectivity index (χ3n) is 7.95. The van der Waals surface area contributed by atoms with Crippen LogP contribution in [0.25, 0.3) is 16.7 Å². The summed E-state index contributed by atoms with van der Waals surface area (Å²) in [5.74, 6) is -0.313. The average molecular weight is 630 g/mol. The van der Waals surface area contributed by atoms with Crippen molar-refractivity contribution in [2.45, 2.75) is 31.7 Å². The molecule has 11 heteroatoms. The highest BCUT2D eigenvalue weighted by Gasteiger charge is 2.39. The van der Waals surface area contributed by atoms with Gasteiger partial charge in [0.1, 0.15) is 17.3 Å². The molecule has 0 fully saturated rings. The maximum atomic E-state index is 15.1. The summed E-state index contributed by atoms with van der Waals surface area (Å²) in [6.45, 7) is 5.11. The topological polar surface area (TPSA) is 106 Å². The van der Waals surface area contributed by atoms with Gasteiger partial charge in [-0.2, -0.15) is 13.5 Å². The lowest BCUT2D eigenvalue weighted by Crippen LogP contribution is -2.30. The summed E-state index contributed by atoms with van der Waals surface area (Å²) in [5.41, 5.74) is 5.53. The fourth-order valence-corrected chi connectivity index (χ4v) is 6.57. The number of nitrogens with zero attached hydrogens (tertiary/aromatic N) is 1. The van der Waals surface area contributed by atoms with Crippen LogP contribution >= 0.6 is 0 Å². The van der Waals surface area contributed by atoms with Crippen LogP contribution in [0.15, 0.2) is 83.4 Å². The highest BCUT2D eigenvalue weighted by atomic mass is 32.2. The van der Waals surface area contributed by atoms with Gasteiger partial charge in [0.25, 0.3) is 5.91 Å². The standard InChI is InChI=1S/C34H32FN3O6S/c1-20-8-11-25(12-9-20)45(40,41)44-38-29-13-10-23(33-27(35)6-5-7-30(33)42-3)16-26(29)32(34(38)39)21(2)37-28-17-24-19-36-15-14-22(24)18-31(28)43-4/h5-13,16-18,36-37H,14-15,19H2,1-4H3/b32-21-. The van der Waals surface area contributed by atoms with Gasteiger partial charge in [-0.25, -0.2) is 4.39 Å². The summed E-state index contributed by atoms with van der Waals surface area (Å²) in [6, 6.07) is 19.3. The van der Waals surface area contributed by atoms with E-state index in [1.54, 1.807) is 50.4 Å². The number of hydroxylamine groups is 1. The number of hydrogen-bond acceptors (Lipinski definition) is 8. The third-order valence-corrected chi connectivity index (χ3v) is 9.15. The molecule has 45 heavy (non-hydrogen) atoms. The lowest BCUT2D eigenvalue weighted by molar-refractivity contribution is -0.116. The Morgan fingerprint density at radius 3 is 2.44 bits per heavy atom. The van der Waals surface area contributed by atoms with Crippen LogP contribution in [0.2, 0.25) is 0 Å². The van der Waals surface area contributed by atoms with E-state index in [1.807, 2.05) is 19.1 Å². The van der Waals surface area contributed by atoms with Crippen LogP contribution in [0.3, 0.4) is 0 Å². The fraction of sp³-hybridized carbons (Fsp3) is 0.206. The molecule has 0 radical (unpaired) electrons. The van der Waals surface area contributed by atoms with E-state index in [0.29, 0.717) is 40.6 Å². The largest absolute Gasteiger partial charge is 0.496 e. The minimum absolute atomic E-state index is 0.102. The Balaban J connectivity index is 1.48. The Kier molecular flexibility index (Phi) is 8.08. The Labute approximate surface area is 261 Å². The van der Waals surface area contributed by atoms with E-state index in [1.165, 1.54) is 36.9 Å². The van der Waals surface area contributed by atoms with Crippen molar-refractivity contribution in [2.75, 3.05) is 31.1 Å². The summed E-state index contributed by atoms with van der Waals surface area (Å²) in [7, 11) is -1.37. The monoisotopic (exact) mass is 629 g/mol. The number of ether oxygens (including phenoxy) is 2. The Morgan fingerprint density at radius 2 is 1.71 bits per heavy atom. The molecule has 0 aromatic heterocycles. The van der Waals surface area contributed by atoms with Crippen molar-refractivity contribution in [3.63, 3.8) is 0 Å². The number of methoxy groups -OCH3 is 2. The molecule has 2 N–H and O–H groups in total. The minimum Gasteiger partial charge on any atom is -0.496 e. The first kappa shape index (κ1) is 30.3. The van der Waals surface area contributed by atoms with Gasteiger partial charge in [0.05, 0.1) is 41.6 Å². The molecular weight excluding hydrogens is 597 g/mol. The molecule has 4 aromatic carbocycles. The van der Waals surface area contributed by atoms with Gasteiger partial charge in [0, 0.05) is 17.8 Å². The predicted octanol–water partition coefficient (Wildman–Crippen LogP) is 5.97. The molecule has 2 heterocycles. The highest BCUT2D eigenvalue weighted by Crippen LogP contribution is 2.44. The average Bonchev–Trinajstić information content (AvgIpc) is 3.30. The molecule has 2 aliphatic rings. The van der Waals surface area contributed by atoms with Gasteiger partial charge in [-0.05, 0) is 92.0 Å². The molecule has 232 valence electrons. The molecule has 0 unspecified atom stereocenters. The second-order valence-electron chi connectivity index (χ2n) is 10.9. The van der Waals surface area contributed by atoms with Crippen LogP contribution in [0.5, 0.6) is 11.5 Å². The Bertz CT molecular complexity index is 1960. The second kappa shape index (κ2) is 12.0. The maximum absolute atomic E-state index is 15.1. The number of carbonyl (C=O) groups excluding carboxylic acids is 1. The SMILES string of the molecule is COc1cc2c(cc1N/C(C)=C1\C(=O)N(OS(=O)(=O)c3ccc(C)cc3)c3ccc(-c4c(F)cccc4OC)cc31)CNCC2. The van der Waals surface area contributed by atoms with E-state index in [-0.39, 0.29) is 21.7 Å². The van der Waals surface area contributed by atoms with Crippen LogP contribution in [-0.4, -0.2) is 35.1 Å². The van der Waals surface area contributed by atoms with E-state index >= 15 is 4.39 Å². The summed E-state index contributed by atoms with van der Waals surface area (Å²) in [4.78, 5) is 14.0. The zero-order valence-electron chi connectivity index (χ0n) is 25.2. The molecule has 0 saturated carbocycles. The predicted molar refractivity (Wildman–Crippen MR) is 170 cm³/mol. The van der Waals surface area contributed by atoms with E-state index in [0.717, 1.165) is 29.2 Å². The first-order valence-corrected chi connectivity index (χ1v) is 15.7. The fourth-order valence-electron chi connectivity index (χ4n) is 5.67. The molecule has 0 bridgehead atoms. The van der Waals surface area contributed by atoms with Gasteiger partial charge < -0.3 is 20.1 Å². The van der Waals surface area contributed by atoms with Gasteiger partial charge in [-0.1, -0.05) is 29.8 Å². The number of halogens is 1. The molecule has 0 spiro atoms. The summed E-state index contributed by atoms with van der Waals surface area (Å²) >= 11 is 0. The summed E-state index contributed by atoms with van der Waals surface area (Å²) in [5, 5.41) is 7.44. The van der Waals surface area contributed by atoms with Gasteiger partial charge in [-0.3, -0.25) is 4.79 Å². The van der Waals surface area contributed by atoms with Crippen molar-refractivity contribution in [1.29, 1.82) is 0 Å². The summed E-state index contributed by atoms with van der Waals surface area (Å²) in [6.07, 6.45) is 0.863. The molecule has 2 aliphatic heterocycles. The highest BCUT2D eigenvalue weighted by molar-refractivity contribution is 7.86. The van der Waals surface area contributed by atoms with E-state index in [4.69, 9.17) is 13.8 Å². The normalized spacial score (nSPS) is 15.4. The van der Waals surface area contributed by atoms with Gasteiger partial charge in [0.15, 0.2) is 0 Å². The number of anilines is 2. The van der Waals surface area contributed by atoms with Gasteiger partial charge in [0.2, 0.25) is 0 Å². The number of allylic oxidation sites excluding steroid dienone is 1. The van der Waals surface area contributed by atoms with Crippen molar-refractivity contribution < 1.29 is 31.4 Å². The quantitative estimate of drug-likeness (QED) is 0.230. The van der Waals surface area contributed by atoms with Crippen LogP contribution in [0, 0.1) is 12.7 Å². The van der Waals surface area contributed by atoms with Gasteiger partial charge >= 0.3 is 10.1 Å². The number of aryl methyl sites for hydroxylation is 1. The van der Waals surface area contributed by atoms with Crippen molar-refractivity contribution in [2.24, 2.45) is 0 Å². The molecule has 9 nitrogen and oxygen atoms in total. The number of nitrogens with one attached hydrogen (secondary N) is 2. The number of fused-ring (bicyclic) bond motifs is 2.